The first-order valence-electron chi connectivity index (χ1n) is 13.0. The van der Waals surface area contributed by atoms with Crippen molar-refractivity contribution < 1.29 is 18.5 Å². The molecule has 2 aromatic heterocycles. The number of carbonyl (C=O) groups is 2. The third kappa shape index (κ3) is 3.07. The number of para-hydroxylation sites is 1. The average Bonchev–Trinajstić information content (AvgIpc) is 3.54. The van der Waals surface area contributed by atoms with E-state index < -0.39 is 22.8 Å². The lowest BCUT2D eigenvalue weighted by molar-refractivity contribution is -0.121. The molecule has 198 valence electrons. The largest absolute Gasteiger partial charge is 0.450 e. The smallest absolute Gasteiger partial charge is 0.297 e. The Labute approximate surface area is 229 Å². The molecule has 0 N–H and O–H groups in total. The van der Waals surface area contributed by atoms with Crippen LogP contribution in [-0.2, 0) is 16.9 Å². The summed E-state index contributed by atoms with van der Waals surface area (Å²) in [6.45, 7) is 7.77. The van der Waals surface area contributed by atoms with Gasteiger partial charge >= 0.3 is 0 Å². The van der Waals surface area contributed by atoms with Gasteiger partial charge in [-0.05, 0) is 62.6 Å². The van der Waals surface area contributed by atoms with Crippen LogP contribution in [-0.4, -0.2) is 17.0 Å². The van der Waals surface area contributed by atoms with Crippen LogP contribution in [0, 0.1) is 27.7 Å². The third-order valence-electron chi connectivity index (χ3n) is 8.01. The number of aromatic nitrogens is 1. The van der Waals surface area contributed by atoms with Gasteiger partial charge in [-0.3, -0.25) is 19.3 Å². The first kappa shape index (κ1) is 24.1. The normalized spacial score (nSPS) is 17.8. The molecule has 0 radical (unpaired) electrons. The van der Waals surface area contributed by atoms with Gasteiger partial charge in [0.15, 0.2) is 16.8 Å². The van der Waals surface area contributed by atoms with Crippen molar-refractivity contribution in [3.8, 4) is 0 Å². The summed E-state index contributed by atoms with van der Waals surface area (Å²) in [5.74, 6) is -0.633. The molecule has 40 heavy (non-hydrogen) atoms. The minimum atomic E-state index is -1.82. The van der Waals surface area contributed by atoms with Crippen LogP contribution >= 0.6 is 0 Å². The van der Waals surface area contributed by atoms with Gasteiger partial charge in [-0.25, -0.2) is 0 Å². The topological polar surface area (TPSA) is 96.9 Å². The Morgan fingerprint density at radius 3 is 2.40 bits per heavy atom. The number of hydrogen-bond acceptors (Lipinski definition) is 6. The highest BCUT2D eigenvalue weighted by atomic mass is 16.5. The number of hydrogen-bond donors (Lipinski definition) is 0. The Balaban J connectivity index is 1.57. The highest BCUT2D eigenvalue weighted by Gasteiger charge is 2.66. The van der Waals surface area contributed by atoms with Crippen LogP contribution in [0.2, 0.25) is 0 Å². The van der Waals surface area contributed by atoms with Crippen molar-refractivity contribution >= 4 is 34.3 Å². The summed E-state index contributed by atoms with van der Waals surface area (Å²) >= 11 is 0. The highest BCUT2D eigenvalue weighted by molar-refractivity contribution is 6.24. The molecule has 2 aliphatic heterocycles. The lowest BCUT2D eigenvalue weighted by Crippen LogP contribution is -2.53. The Kier molecular flexibility index (Phi) is 4.97. The molecule has 8 heteroatoms. The summed E-state index contributed by atoms with van der Waals surface area (Å²) in [7, 11) is 0. The molecule has 2 amide bonds. The number of carbonyl (C=O) groups excluding carboxylic acids is 2. The van der Waals surface area contributed by atoms with Gasteiger partial charge in [0.2, 0.25) is 5.76 Å². The number of anilines is 2. The maximum atomic E-state index is 14.9. The third-order valence-corrected chi connectivity index (χ3v) is 8.01. The first-order chi connectivity index (χ1) is 19.2. The van der Waals surface area contributed by atoms with E-state index in [-0.39, 0.29) is 23.7 Å². The van der Waals surface area contributed by atoms with E-state index in [2.05, 4.69) is 5.16 Å². The van der Waals surface area contributed by atoms with Crippen LogP contribution in [0.4, 0.5) is 11.5 Å². The number of aryl methyl sites for hydroxylation is 4. The predicted molar refractivity (Wildman–Crippen MR) is 150 cm³/mol. The zero-order valence-corrected chi connectivity index (χ0v) is 22.4. The van der Waals surface area contributed by atoms with Crippen molar-refractivity contribution in [2.24, 2.45) is 0 Å². The van der Waals surface area contributed by atoms with Crippen LogP contribution in [0.3, 0.4) is 0 Å². The molecule has 4 heterocycles. The van der Waals surface area contributed by atoms with Crippen molar-refractivity contribution in [1.29, 1.82) is 0 Å². The van der Waals surface area contributed by atoms with E-state index in [9.17, 15) is 14.4 Å². The van der Waals surface area contributed by atoms with Crippen molar-refractivity contribution in [3.05, 3.63) is 122 Å². The van der Waals surface area contributed by atoms with E-state index >= 15 is 0 Å². The Bertz CT molecular complexity index is 1970. The van der Waals surface area contributed by atoms with E-state index in [0.29, 0.717) is 28.0 Å². The summed E-state index contributed by atoms with van der Waals surface area (Å²) in [6, 6.07) is 20.3. The van der Waals surface area contributed by atoms with E-state index in [0.717, 1.165) is 22.3 Å². The zero-order valence-electron chi connectivity index (χ0n) is 22.4. The van der Waals surface area contributed by atoms with E-state index in [1.165, 1.54) is 4.90 Å². The Hall–Kier alpha value is -4.98. The van der Waals surface area contributed by atoms with Gasteiger partial charge in [-0.15, -0.1) is 0 Å². The van der Waals surface area contributed by atoms with Gasteiger partial charge in [0.25, 0.3) is 11.8 Å². The van der Waals surface area contributed by atoms with Crippen molar-refractivity contribution in [2.75, 3.05) is 9.80 Å². The zero-order chi connectivity index (χ0) is 27.9. The fourth-order valence-electron chi connectivity index (χ4n) is 6.07. The molecule has 0 saturated carbocycles. The van der Waals surface area contributed by atoms with Crippen LogP contribution in [0.1, 0.15) is 49.7 Å². The second-order valence-corrected chi connectivity index (χ2v) is 10.6. The van der Waals surface area contributed by atoms with E-state index in [1.54, 1.807) is 42.2 Å². The molecule has 0 saturated heterocycles. The second kappa shape index (κ2) is 8.26. The van der Waals surface area contributed by atoms with Crippen molar-refractivity contribution in [1.82, 2.24) is 5.16 Å². The molecule has 5 aromatic rings. The molecule has 2 aliphatic rings. The SMILES string of the molecule is Cc1cccc(CN2C(=O)C3(c4ccccc42)c2c(oc4cc(C)c(C)cc4c2=O)C(=O)N3c2cc(C)on2)c1. The molecule has 0 aliphatic carbocycles. The first-order valence-corrected chi connectivity index (χ1v) is 13.0. The lowest BCUT2D eigenvalue weighted by Gasteiger charge is -2.32. The van der Waals surface area contributed by atoms with Gasteiger partial charge in [0.05, 0.1) is 23.2 Å². The monoisotopic (exact) mass is 531 g/mol. The van der Waals surface area contributed by atoms with Crippen molar-refractivity contribution in [3.63, 3.8) is 0 Å². The molecule has 3 aromatic carbocycles. The Morgan fingerprint density at radius 1 is 0.875 bits per heavy atom. The van der Waals surface area contributed by atoms with E-state index in [1.807, 2.05) is 57.2 Å². The molecule has 7 rings (SSSR count). The quantitative estimate of drug-likeness (QED) is 0.307. The highest BCUT2D eigenvalue weighted by Crippen LogP contribution is 2.54. The predicted octanol–water partition coefficient (Wildman–Crippen LogP) is 5.47. The molecular weight excluding hydrogens is 506 g/mol. The fourth-order valence-corrected chi connectivity index (χ4v) is 6.07. The van der Waals surface area contributed by atoms with Crippen LogP contribution in [0.15, 0.2) is 80.5 Å². The van der Waals surface area contributed by atoms with E-state index in [4.69, 9.17) is 8.94 Å². The summed E-state index contributed by atoms with van der Waals surface area (Å²) in [6.07, 6.45) is 0. The molecular formula is C32H25N3O5. The second-order valence-electron chi connectivity index (χ2n) is 10.6. The lowest BCUT2D eigenvalue weighted by atomic mass is 9.83. The maximum Gasteiger partial charge on any atom is 0.297 e. The minimum Gasteiger partial charge on any atom is -0.450 e. The number of amides is 2. The summed E-state index contributed by atoms with van der Waals surface area (Å²) in [4.78, 5) is 46.4. The number of fused-ring (bicyclic) bond motifs is 5. The van der Waals surface area contributed by atoms with Gasteiger partial charge in [0, 0.05) is 11.6 Å². The van der Waals surface area contributed by atoms with Crippen LogP contribution in [0.25, 0.3) is 11.0 Å². The van der Waals surface area contributed by atoms with Gasteiger partial charge in [-0.1, -0.05) is 53.2 Å². The molecule has 1 atom stereocenters. The summed E-state index contributed by atoms with van der Waals surface area (Å²) in [5.41, 5.74) is 2.99. The van der Waals surface area contributed by atoms with Gasteiger partial charge < -0.3 is 13.8 Å². The standard InChI is InChI=1S/C32H25N3O5/c1-17-8-7-9-21(12-17)16-34-24-11-6-5-10-23(24)32(31(34)38)27-28(36)22-13-18(2)19(3)14-25(22)39-29(27)30(37)35(32)26-15-20(4)40-33-26/h5-15H,16H2,1-4H3. The maximum absolute atomic E-state index is 14.9. The number of nitrogens with zero attached hydrogens (tertiary/aromatic N) is 3. The summed E-state index contributed by atoms with van der Waals surface area (Å²) in [5, 5.41) is 4.44. The van der Waals surface area contributed by atoms with Gasteiger partial charge in [0.1, 0.15) is 11.3 Å². The van der Waals surface area contributed by atoms with Crippen LogP contribution in [0.5, 0.6) is 0 Å². The molecule has 1 unspecified atom stereocenters. The number of rotatable bonds is 3. The minimum absolute atomic E-state index is 0.00176. The molecule has 1 spiro atoms. The Morgan fingerprint density at radius 2 is 1.65 bits per heavy atom. The molecule has 0 fully saturated rings. The number of benzene rings is 3. The molecule has 8 nitrogen and oxygen atoms in total. The van der Waals surface area contributed by atoms with Gasteiger partial charge in [-0.2, -0.15) is 0 Å². The van der Waals surface area contributed by atoms with Crippen molar-refractivity contribution in [2.45, 2.75) is 39.8 Å². The molecule has 0 bridgehead atoms. The average molecular weight is 532 g/mol. The summed E-state index contributed by atoms with van der Waals surface area (Å²) < 4.78 is 11.5. The van der Waals surface area contributed by atoms with Crippen LogP contribution < -0.4 is 15.2 Å². The fraction of sp³-hybridized carbons (Fsp3) is 0.188.